The van der Waals surface area contributed by atoms with Crippen LogP contribution >= 0.6 is 0 Å². The van der Waals surface area contributed by atoms with E-state index in [1.54, 1.807) is 12.1 Å². The highest BCUT2D eigenvalue weighted by Crippen LogP contribution is 2.32. The molecule has 0 spiro atoms. The fourth-order valence-electron chi connectivity index (χ4n) is 3.37. The van der Waals surface area contributed by atoms with Gasteiger partial charge in [-0.25, -0.2) is 8.42 Å². The van der Waals surface area contributed by atoms with Crippen molar-refractivity contribution in [3.05, 3.63) is 69.8 Å². The van der Waals surface area contributed by atoms with Crippen LogP contribution in [-0.4, -0.2) is 8.42 Å². The number of hydrogen-bond acceptors (Lipinski definition) is 2. The molecule has 0 heterocycles. The van der Waals surface area contributed by atoms with E-state index in [9.17, 15) is 8.42 Å². The summed E-state index contributed by atoms with van der Waals surface area (Å²) in [5, 5.41) is 0. The average Bonchev–Trinajstić information content (AvgIpc) is 2.61. The largest absolute Gasteiger partial charge is 0.218 e. The number of sulfone groups is 1. The van der Waals surface area contributed by atoms with Crippen molar-refractivity contribution in [2.75, 3.05) is 0 Å². The molecule has 27 heavy (non-hydrogen) atoms. The average molecular weight is 383 g/mol. The van der Waals surface area contributed by atoms with Crippen LogP contribution in [0.5, 0.6) is 0 Å². The number of aryl methyl sites for hydroxylation is 2. The molecule has 0 saturated heterocycles. The third kappa shape index (κ3) is 4.24. The van der Waals surface area contributed by atoms with Gasteiger partial charge in [-0.05, 0) is 86.1 Å². The standard InChI is InChI=1S/C24H30O2S/c1-7-9-11-21-17(3)13-15-23(19(21)5)27(25,26)24-16-14-18(4)22(20(24)6)12-10-8-2/h9-16H,7-8H2,1-6H3. The zero-order valence-electron chi connectivity index (χ0n) is 17.3. The lowest BCUT2D eigenvalue weighted by Gasteiger charge is -2.16. The van der Waals surface area contributed by atoms with Crippen molar-refractivity contribution in [2.24, 2.45) is 0 Å². The van der Waals surface area contributed by atoms with Crippen LogP contribution in [0.1, 0.15) is 60.1 Å². The smallest absolute Gasteiger partial charge is 0.207 e. The molecule has 0 amide bonds. The minimum absolute atomic E-state index is 0.390. The summed E-state index contributed by atoms with van der Waals surface area (Å²) >= 11 is 0. The zero-order valence-corrected chi connectivity index (χ0v) is 18.1. The van der Waals surface area contributed by atoms with Crippen molar-refractivity contribution in [1.82, 2.24) is 0 Å². The van der Waals surface area contributed by atoms with Gasteiger partial charge < -0.3 is 0 Å². The molecule has 2 aromatic carbocycles. The van der Waals surface area contributed by atoms with Gasteiger partial charge in [0.15, 0.2) is 0 Å². The fraction of sp³-hybridized carbons (Fsp3) is 0.333. The maximum Gasteiger partial charge on any atom is 0.207 e. The van der Waals surface area contributed by atoms with Crippen molar-refractivity contribution in [1.29, 1.82) is 0 Å². The van der Waals surface area contributed by atoms with Crippen LogP contribution in [0.2, 0.25) is 0 Å². The molecule has 0 atom stereocenters. The summed E-state index contributed by atoms with van der Waals surface area (Å²) in [7, 11) is -3.60. The molecule has 0 radical (unpaired) electrons. The molecule has 0 unspecified atom stereocenters. The van der Waals surface area contributed by atoms with Crippen molar-refractivity contribution < 1.29 is 8.42 Å². The van der Waals surface area contributed by atoms with Gasteiger partial charge in [0.05, 0.1) is 9.79 Å². The van der Waals surface area contributed by atoms with E-state index in [0.717, 1.165) is 46.2 Å². The van der Waals surface area contributed by atoms with Gasteiger partial charge in [0, 0.05) is 0 Å². The van der Waals surface area contributed by atoms with Crippen molar-refractivity contribution >= 4 is 22.0 Å². The van der Waals surface area contributed by atoms with Crippen LogP contribution in [0.3, 0.4) is 0 Å². The minimum Gasteiger partial charge on any atom is -0.218 e. The summed E-state index contributed by atoms with van der Waals surface area (Å²) in [6, 6.07) is 7.28. The van der Waals surface area contributed by atoms with Crippen LogP contribution in [-0.2, 0) is 9.84 Å². The van der Waals surface area contributed by atoms with E-state index in [2.05, 4.69) is 26.0 Å². The monoisotopic (exact) mass is 382 g/mol. The first-order valence-electron chi connectivity index (χ1n) is 9.54. The topological polar surface area (TPSA) is 34.1 Å². The quantitative estimate of drug-likeness (QED) is 0.564. The Kier molecular flexibility index (Phi) is 6.83. The van der Waals surface area contributed by atoms with Gasteiger partial charge >= 0.3 is 0 Å². The molecule has 0 aliphatic rings. The Morgan fingerprint density at radius 2 is 1.07 bits per heavy atom. The second kappa shape index (κ2) is 8.71. The van der Waals surface area contributed by atoms with Gasteiger partial charge in [0.25, 0.3) is 0 Å². The lowest BCUT2D eigenvalue weighted by atomic mass is 10.0. The molecule has 2 nitrogen and oxygen atoms in total. The summed E-state index contributed by atoms with van der Waals surface area (Å²) in [6.45, 7) is 12.0. The molecule has 3 heteroatoms. The summed E-state index contributed by atoms with van der Waals surface area (Å²) in [6.07, 6.45) is 10.0. The minimum atomic E-state index is -3.60. The number of hydrogen-bond donors (Lipinski definition) is 0. The Bertz CT molecular complexity index is 918. The first-order chi connectivity index (χ1) is 12.8. The molecule has 0 bridgehead atoms. The van der Waals surface area contributed by atoms with Crippen LogP contribution in [0.15, 0.2) is 46.2 Å². The molecule has 2 rings (SSSR count). The van der Waals surface area contributed by atoms with Crippen LogP contribution in [0.25, 0.3) is 12.2 Å². The van der Waals surface area contributed by atoms with E-state index in [1.807, 2.05) is 52.0 Å². The van der Waals surface area contributed by atoms with Gasteiger partial charge in [-0.15, -0.1) is 0 Å². The normalized spacial score (nSPS) is 12.4. The third-order valence-electron chi connectivity index (χ3n) is 4.99. The van der Waals surface area contributed by atoms with Crippen molar-refractivity contribution in [3.8, 4) is 0 Å². The lowest BCUT2D eigenvalue weighted by Crippen LogP contribution is -2.09. The predicted octanol–water partition coefficient (Wildman–Crippen LogP) is 6.60. The second-order valence-corrected chi connectivity index (χ2v) is 8.85. The van der Waals surface area contributed by atoms with Gasteiger partial charge in [0.1, 0.15) is 0 Å². The molecule has 0 saturated carbocycles. The fourth-order valence-corrected chi connectivity index (χ4v) is 5.13. The number of allylic oxidation sites excluding steroid dienone is 2. The molecule has 144 valence electrons. The maximum atomic E-state index is 13.5. The zero-order chi connectivity index (χ0) is 20.2. The number of benzene rings is 2. The van der Waals surface area contributed by atoms with Crippen molar-refractivity contribution in [3.63, 3.8) is 0 Å². The van der Waals surface area contributed by atoms with Gasteiger partial charge in [-0.2, -0.15) is 0 Å². The van der Waals surface area contributed by atoms with Gasteiger partial charge in [0.2, 0.25) is 9.84 Å². The molecular formula is C24H30O2S. The highest BCUT2D eigenvalue weighted by atomic mass is 32.2. The summed E-state index contributed by atoms with van der Waals surface area (Å²) in [4.78, 5) is 0.780. The van der Waals surface area contributed by atoms with Crippen LogP contribution < -0.4 is 0 Å². The van der Waals surface area contributed by atoms with Gasteiger partial charge in [-0.3, -0.25) is 0 Å². The molecule has 0 aliphatic carbocycles. The van der Waals surface area contributed by atoms with Crippen LogP contribution in [0.4, 0.5) is 0 Å². The van der Waals surface area contributed by atoms with Crippen molar-refractivity contribution in [2.45, 2.75) is 64.2 Å². The Morgan fingerprint density at radius 3 is 1.41 bits per heavy atom. The highest BCUT2D eigenvalue weighted by Gasteiger charge is 2.24. The summed E-state index contributed by atoms with van der Waals surface area (Å²) in [5.74, 6) is 0. The van der Waals surface area contributed by atoms with E-state index >= 15 is 0 Å². The molecule has 0 fully saturated rings. The molecule has 0 aliphatic heterocycles. The van der Waals surface area contributed by atoms with E-state index in [-0.39, 0.29) is 0 Å². The lowest BCUT2D eigenvalue weighted by molar-refractivity contribution is 0.594. The SMILES string of the molecule is CCC=Cc1c(C)ccc(S(=O)(=O)c2ccc(C)c(C=CCC)c2C)c1C. The molecule has 2 aromatic rings. The Labute approximate surface area is 164 Å². The summed E-state index contributed by atoms with van der Waals surface area (Å²) in [5.41, 5.74) is 5.78. The van der Waals surface area contributed by atoms with E-state index in [4.69, 9.17) is 0 Å². The van der Waals surface area contributed by atoms with E-state index < -0.39 is 9.84 Å². The first-order valence-corrected chi connectivity index (χ1v) is 11.0. The number of rotatable bonds is 6. The third-order valence-corrected chi connectivity index (χ3v) is 7.03. The predicted molar refractivity (Wildman–Crippen MR) is 116 cm³/mol. The maximum absolute atomic E-state index is 13.5. The molecule has 0 aromatic heterocycles. The Hall–Kier alpha value is -2.13. The Balaban J connectivity index is 2.71. The van der Waals surface area contributed by atoms with E-state index in [0.29, 0.717) is 9.79 Å². The van der Waals surface area contributed by atoms with E-state index in [1.165, 1.54) is 0 Å². The molecular weight excluding hydrogens is 352 g/mol. The molecule has 0 N–H and O–H groups in total. The Morgan fingerprint density at radius 1 is 0.704 bits per heavy atom. The van der Waals surface area contributed by atoms with Gasteiger partial charge in [-0.1, -0.05) is 50.3 Å². The first kappa shape index (κ1) is 21.2. The second-order valence-electron chi connectivity index (χ2n) is 6.96. The summed E-state index contributed by atoms with van der Waals surface area (Å²) < 4.78 is 27.0. The van der Waals surface area contributed by atoms with Crippen LogP contribution in [0, 0.1) is 27.7 Å². The highest BCUT2D eigenvalue weighted by molar-refractivity contribution is 7.91.